The molecular weight excluding hydrogens is 244 g/mol. The molecule has 5 heteroatoms. The number of nitrogens with zero attached hydrogens (tertiary/aromatic N) is 1. The molecule has 1 atom stereocenters. The predicted molar refractivity (Wildman–Crippen MR) is 70.9 cm³/mol. The SMILES string of the molecule is CNC(CN1CCOC1=O)c1cc2ccccc2o1. The molecule has 5 nitrogen and oxygen atoms in total. The Morgan fingerprint density at radius 2 is 2.26 bits per heavy atom. The largest absolute Gasteiger partial charge is 0.459 e. The zero-order valence-electron chi connectivity index (χ0n) is 10.8. The molecule has 0 bridgehead atoms. The molecule has 1 aliphatic rings. The fraction of sp³-hybridized carbons (Fsp3) is 0.357. The Kier molecular flexibility index (Phi) is 3.13. The minimum absolute atomic E-state index is 0.0296. The van der Waals surface area contributed by atoms with Crippen LogP contribution in [0.2, 0.25) is 0 Å². The number of para-hydroxylation sites is 1. The molecule has 19 heavy (non-hydrogen) atoms. The first-order valence-corrected chi connectivity index (χ1v) is 6.35. The summed E-state index contributed by atoms with van der Waals surface area (Å²) in [4.78, 5) is 13.2. The second-order valence-electron chi connectivity index (χ2n) is 4.59. The minimum Gasteiger partial charge on any atom is -0.459 e. The normalized spacial score (nSPS) is 16.9. The van der Waals surface area contributed by atoms with Gasteiger partial charge in [-0.05, 0) is 19.2 Å². The molecule has 100 valence electrons. The van der Waals surface area contributed by atoms with Crippen LogP contribution in [0.25, 0.3) is 11.0 Å². The van der Waals surface area contributed by atoms with Crippen molar-refractivity contribution in [3.05, 3.63) is 36.1 Å². The first-order valence-electron chi connectivity index (χ1n) is 6.35. The number of carbonyl (C=O) groups is 1. The van der Waals surface area contributed by atoms with Gasteiger partial charge >= 0.3 is 6.09 Å². The number of carbonyl (C=O) groups excluding carboxylic acids is 1. The summed E-state index contributed by atoms with van der Waals surface area (Å²) in [7, 11) is 1.86. The van der Waals surface area contributed by atoms with E-state index in [0.29, 0.717) is 19.7 Å². The topological polar surface area (TPSA) is 54.7 Å². The zero-order chi connectivity index (χ0) is 13.2. The molecule has 1 aromatic heterocycles. The van der Waals surface area contributed by atoms with Crippen molar-refractivity contribution in [3.8, 4) is 0 Å². The van der Waals surface area contributed by atoms with Crippen molar-refractivity contribution in [2.24, 2.45) is 0 Å². The van der Waals surface area contributed by atoms with E-state index in [1.54, 1.807) is 4.90 Å². The van der Waals surface area contributed by atoms with Gasteiger partial charge in [-0.25, -0.2) is 4.79 Å². The molecule has 1 fully saturated rings. The highest BCUT2D eigenvalue weighted by molar-refractivity contribution is 5.77. The van der Waals surface area contributed by atoms with Gasteiger partial charge in [-0.2, -0.15) is 0 Å². The average Bonchev–Trinajstić information content (AvgIpc) is 3.02. The van der Waals surface area contributed by atoms with Gasteiger partial charge in [0.15, 0.2) is 0 Å². The van der Waals surface area contributed by atoms with Crippen LogP contribution in [-0.4, -0.2) is 37.7 Å². The molecule has 1 N–H and O–H groups in total. The molecule has 1 saturated heterocycles. The van der Waals surface area contributed by atoms with Gasteiger partial charge in [-0.15, -0.1) is 0 Å². The van der Waals surface area contributed by atoms with Crippen molar-refractivity contribution in [2.75, 3.05) is 26.7 Å². The van der Waals surface area contributed by atoms with Gasteiger partial charge in [0.25, 0.3) is 0 Å². The highest BCUT2D eigenvalue weighted by Crippen LogP contribution is 2.24. The molecule has 1 unspecified atom stereocenters. The Morgan fingerprint density at radius 1 is 1.42 bits per heavy atom. The van der Waals surface area contributed by atoms with Crippen molar-refractivity contribution in [3.63, 3.8) is 0 Å². The lowest BCUT2D eigenvalue weighted by Crippen LogP contribution is -2.34. The number of hydrogen-bond donors (Lipinski definition) is 1. The molecule has 0 saturated carbocycles. The van der Waals surface area contributed by atoms with E-state index >= 15 is 0 Å². The number of benzene rings is 1. The third kappa shape index (κ3) is 2.29. The van der Waals surface area contributed by atoms with Crippen molar-refractivity contribution in [1.29, 1.82) is 0 Å². The average molecular weight is 260 g/mol. The monoisotopic (exact) mass is 260 g/mol. The van der Waals surface area contributed by atoms with Gasteiger partial charge in [-0.1, -0.05) is 18.2 Å². The summed E-state index contributed by atoms with van der Waals surface area (Å²) >= 11 is 0. The Labute approximate surface area is 111 Å². The van der Waals surface area contributed by atoms with Crippen LogP contribution in [0.4, 0.5) is 4.79 Å². The molecule has 0 aliphatic carbocycles. The lowest BCUT2D eigenvalue weighted by molar-refractivity contribution is 0.155. The lowest BCUT2D eigenvalue weighted by Gasteiger charge is -2.19. The zero-order valence-corrected chi connectivity index (χ0v) is 10.8. The van der Waals surface area contributed by atoms with Crippen molar-refractivity contribution in [1.82, 2.24) is 10.2 Å². The third-order valence-corrected chi connectivity index (χ3v) is 3.38. The van der Waals surface area contributed by atoms with Gasteiger partial charge < -0.3 is 19.4 Å². The van der Waals surface area contributed by atoms with Gasteiger partial charge in [0.05, 0.1) is 12.6 Å². The lowest BCUT2D eigenvalue weighted by atomic mass is 10.2. The molecule has 0 spiro atoms. The standard InChI is InChI=1S/C14H16N2O3/c1-15-11(9-16-6-7-18-14(16)17)13-8-10-4-2-3-5-12(10)19-13/h2-5,8,11,15H,6-7,9H2,1H3. The van der Waals surface area contributed by atoms with E-state index in [0.717, 1.165) is 16.7 Å². The van der Waals surface area contributed by atoms with Gasteiger partial charge in [0.1, 0.15) is 18.0 Å². The van der Waals surface area contributed by atoms with Gasteiger partial charge in [0, 0.05) is 11.9 Å². The van der Waals surface area contributed by atoms with Crippen LogP contribution in [0, 0.1) is 0 Å². The van der Waals surface area contributed by atoms with E-state index in [2.05, 4.69) is 5.32 Å². The minimum atomic E-state index is -0.253. The van der Waals surface area contributed by atoms with E-state index in [-0.39, 0.29) is 12.1 Å². The first-order chi connectivity index (χ1) is 9.28. The molecule has 1 amide bonds. The molecule has 2 aromatic rings. The van der Waals surface area contributed by atoms with Crippen LogP contribution in [-0.2, 0) is 4.74 Å². The van der Waals surface area contributed by atoms with Crippen molar-refractivity contribution in [2.45, 2.75) is 6.04 Å². The van der Waals surface area contributed by atoms with Crippen LogP contribution in [0.15, 0.2) is 34.7 Å². The van der Waals surface area contributed by atoms with Crippen LogP contribution in [0.1, 0.15) is 11.8 Å². The number of ether oxygens (including phenoxy) is 1. The third-order valence-electron chi connectivity index (χ3n) is 3.38. The number of furan rings is 1. The fourth-order valence-electron chi connectivity index (χ4n) is 2.31. The number of hydrogen-bond acceptors (Lipinski definition) is 4. The molecule has 0 radical (unpaired) electrons. The predicted octanol–water partition coefficient (Wildman–Crippen LogP) is 2.15. The second kappa shape index (κ2) is 4.93. The summed E-state index contributed by atoms with van der Waals surface area (Å²) in [5, 5.41) is 4.25. The number of cyclic esters (lactones) is 1. The molecule has 1 aliphatic heterocycles. The Bertz CT molecular complexity index is 560. The summed E-state index contributed by atoms with van der Waals surface area (Å²) in [6, 6.07) is 9.86. The molecule has 3 rings (SSSR count). The maximum atomic E-state index is 11.5. The van der Waals surface area contributed by atoms with Gasteiger partial charge in [-0.3, -0.25) is 0 Å². The highest BCUT2D eigenvalue weighted by Gasteiger charge is 2.26. The van der Waals surface area contributed by atoms with E-state index in [9.17, 15) is 4.79 Å². The molecule has 1 aromatic carbocycles. The second-order valence-corrected chi connectivity index (χ2v) is 4.59. The maximum absolute atomic E-state index is 11.5. The van der Waals surface area contributed by atoms with Crippen LogP contribution in [0.3, 0.4) is 0 Å². The van der Waals surface area contributed by atoms with Crippen molar-refractivity contribution >= 4 is 17.1 Å². The Morgan fingerprint density at radius 3 is 2.95 bits per heavy atom. The summed E-state index contributed by atoms with van der Waals surface area (Å²) in [6.45, 7) is 1.65. The van der Waals surface area contributed by atoms with E-state index in [4.69, 9.17) is 9.15 Å². The summed E-state index contributed by atoms with van der Waals surface area (Å²) in [6.07, 6.45) is -0.253. The van der Waals surface area contributed by atoms with Crippen LogP contribution < -0.4 is 5.32 Å². The number of fused-ring (bicyclic) bond motifs is 1. The van der Waals surface area contributed by atoms with E-state index in [1.165, 1.54) is 0 Å². The Hall–Kier alpha value is -2.01. The summed E-state index contributed by atoms with van der Waals surface area (Å²) in [5.41, 5.74) is 0.863. The first kappa shape index (κ1) is 12.0. The van der Waals surface area contributed by atoms with E-state index in [1.807, 2.05) is 37.4 Å². The van der Waals surface area contributed by atoms with E-state index < -0.39 is 0 Å². The summed E-state index contributed by atoms with van der Waals surface area (Å²) in [5.74, 6) is 0.836. The number of rotatable bonds is 4. The molecule has 2 heterocycles. The fourth-order valence-corrected chi connectivity index (χ4v) is 2.31. The summed E-state index contributed by atoms with van der Waals surface area (Å²) < 4.78 is 10.8. The van der Waals surface area contributed by atoms with Crippen LogP contribution in [0.5, 0.6) is 0 Å². The number of amides is 1. The number of likely N-dealkylation sites (N-methyl/N-ethyl adjacent to an activating group) is 1. The van der Waals surface area contributed by atoms with Crippen molar-refractivity contribution < 1.29 is 13.9 Å². The molecular formula is C14H16N2O3. The highest BCUT2D eigenvalue weighted by atomic mass is 16.6. The quantitative estimate of drug-likeness (QED) is 0.915. The smallest absolute Gasteiger partial charge is 0.410 e. The van der Waals surface area contributed by atoms with Crippen LogP contribution >= 0.6 is 0 Å². The Balaban J connectivity index is 1.83. The number of nitrogens with one attached hydrogen (secondary N) is 1. The maximum Gasteiger partial charge on any atom is 0.410 e. The van der Waals surface area contributed by atoms with Gasteiger partial charge in [0.2, 0.25) is 0 Å².